The van der Waals surface area contributed by atoms with Crippen LogP contribution in [-0.4, -0.2) is 54.0 Å². The van der Waals surface area contributed by atoms with Crippen molar-refractivity contribution in [3.8, 4) is 0 Å². The zero-order valence-corrected chi connectivity index (χ0v) is 16.9. The molecule has 0 radical (unpaired) electrons. The van der Waals surface area contributed by atoms with Crippen LogP contribution in [-0.2, 0) is 18.3 Å². The maximum absolute atomic E-state index is 5.61. The van der Waals surface area contributed by atoms with Crippen LogP contribution in [0.25, 0.3) is 0 Å². The number of rotatable bonds is 2. The summed E-state index contributed by atoms with van der Waals surface area (Å²) in [7, 11) is 3.85. The van der Waals surface area contributed by atoms with Gasteiger partial charge in [-0.15, -0.1) is 24.0 Å². The first kappa shape index (κ1) is 18.5. The van der Waals surface area contributed by atoms with E-state index in [1.54, 1.807) is 0 Å². The molecule has 3 rings (SSSR count). The normalized spacial score (nSPS) is 24.3. The Kier molecular flexibility index (Phi) is 5.94. The molecule has 3 heterocycles. The lowest BCUT2D eigenvalue weighted by atomic mass is 9.87. The average Bonchev–Trinajstić information content (AvgIpc) is 3.18. The van der Waals surface area contributed by atoms with Crippen molar-refractivity contribution in [3.05, 3.63) is 17.0 Å². The van der Waals surface area contributed by atoms with Crippen LogP contribution < -0.4 is 5.32 Å². The molecule has 0 bridgehead atoms. The van der Waals surface area contributed by atoms with E-state index in [1.165, 1.54) is 24.1 Å². The highest BCUT2D eigenvalue weighted by atomic mass is 127. The molecule has 0 amide bonds. The molecule has 1 spiro atoms. The molecule has 2 aliphatic rings. The van der Waals surface area contributed by atoms with E-state index in [-0.39, 0.29) is 24.0 Å². The summed E-state index contributed by atoms with van der Waals surface area (Å²) in [5.74, 6) is 0.992. The molecule has 2 saturated heterocycles. The zero-order chi connectivity index (χ0) is 15.7. The zero-order valence-electron chi connectivity index (χ0n) is 14.6. The Morgan fingerprint density at radius 3 is 2.74 bits per heavy atom. The lowest BCUT2D eigenvalue weighted by molar-refractivity contribution is 0.156. The summed E-state index contributed by atoms with van der Waals surface area (Å²) in [6.07, 6.45) is 2.39. The molecule has 2 aliphatic heterocycles. The number of nitrogens with one attached hydrogen (secondary N) is 1. The molecule has 0 saturated carbocycles. The molecule has 1 atom stereocenters. The van der Waals surface area contributed by atoms with Gasteiger partial charge in [-0.05, 0) is 26.7 Å². The van der Waals surface area contributed by atoms with E-state index in [0.717, 1.165) is 44.5 Å². The van der Waals surface area contributed by atoms with Crippen LogP contribution in [0.4, 0.5) is 0 Å². The first-order chi connectivity index (χ1) is 10.5. The number of aryl methyl sites for hydroxylation is 2. The third-order valence-electron chi connectivity index (χ3n) is 5.22. The maximum Gasteiger partial charge on any atom is 0.193 e. The molecule has 1 aromatic rings. The molecule has 7 heteroatoms. The standard InChI is InChI=1S/C16H27N5O.HI/c1-12-14(13(2)20(4)19-12)9-18-15(17-3)21-7-5-16(10-21)6-8-22-11-16;/h5-11H2,1-4H3,(H,17,18);1H. The molecule has 0 aliphatic carbocycles. The summed E-state index contributed by atoms with van der Waals surface area (Å²) in [4.78, 5) is 6.84. The summed E-state index contributed by atoms with van der Waals surface area (Å²) in [6.45, 7) is 8.88. The number of aromatic nitrogens is 2. The van der Waals surface area contributed by atoms with Crippen LogP contribution in [0.15, 0.2) is 4.99 Å². The fourth-order valence-corrected chi connectivity index (χ4v) is 3.66. The predicted molar refractivity (Wildman–Crippen MR) is 102 cm³/mol. The van der Waals surface area contributed by atoms with Crippen LogP contribution in [0, 0.1) is 19.3 Å². The quantitative estimate of drug-likeness (QED) is 0.440. The number of halogens is 1. The predicted octanol–water partition coefficient (Wildman–Crippen LogP) is 1.84. The van der Waals surface area contributed by atoms with E-state index < -0.39 is 0 Å². The summed E-state index contributed by atoms with van der Waals surface area (Å²) in [5, 5.41) is 7.99. The number of hydrogen-bond donors (Lipinski definition) is 1. The van der Waals surface area contributed by atoms with Gasteiger partial charge < -0.3 is 15.0 Å². The number of hydrogen-bond acceptors (Lipinski definition) is 3. The number of nitrogens with zero attached hydrogens (tertiary/aromatic N) is 4. The van der Waals surface area contributed by atoms with Gasteiger partial charge in [-0.25, -0.2) is 0 Å². The van der Waals surface area contributed by atoms with E-state index in [4.69, 9.17) is 4.74 Å². The number of ether oxygens (including phenoxy) is 1. The van der Waals surface area contributed by atoms with Crippen molar-refractivity contribution in [2.75, 3.05) is 33.4 Å². The van der Waals surface area contributed by atoms with Crippen molar-refractivity contribution < 1.29 is 4.74 Å². The Morgan fingerprint density at radius 2 is 2.17 bits per heavy atom. The second kappa shape index (κ2) is 7.38. The molecule has 6 nitrogen and oxygen atoms in total. The van der Waals surface area contributed by atoms with Crippen molar-refractivity contribution in [3.63, 3.8) is 0 Å². The largest absolute Gasteiger partial charge is 0.381 e. The molecule has 1 aromatic heterocycles. The van der Waals surface area contributed by atoms with Crippen molar-refractivity contribution >= 4 is 29.9 Å². The lowest BCUT2D eigenvalue weighted by Crippen LogP contribution is -2.41. The van der Waals surface area contributed by atoms with Crippen LogP contribution in [0.3, 0.4) is 0 Å². The third-order valence-corrected chi connectivity index (χ3v) is 5.22. The Hall–Kier alpha value is -0.830. The van der Waals surface area contributed by atoms with E-state index >= 15 is 0 Å². The van der Waals surface area contributed by atoms with Gasteiger partial charge in [0.05, 0.1) is 12.3 Å². The minimum absolute atomic E-state index is 0. The van der Waals surface area contributed by atoms with Gasteiger partial charge in [-0.2, -0.15) is 5.10 Å². The fourth-order valence-electron chi connectivity index (χ4n) is 3.66. The number of guanidine groups is 1. The molecule has 1 N–H and O–H groups in total. The van der Waals surface area contributed by atoms with Gasteiger partial charge in [-0.3, -0.25) is 9.67 Å². The Labute approximate surface area is 155 Å². The fraction of sp³-hybridized carbons (Fsp3) is 0.750. The van der Waals surface area contributed by atoms with Crippen molar-refractivity contribution in [2.24, 2.45) is 17.5 Å². The van der Waals surface area contributed by atoms with Gasteiger partial charge in [0.25, 0.3) is 0 Å². The van der Waals surface area contributed by atoms with Gasteiger partial charge in [0, 0.05) is 57.0 Å². The minimum atomic E-state index is 0. The SMILES string of the molecule is CN=C(NCc1c(C)nn(C)c1C)N1CCC2(CCOC2)C1.I. The summed E-state index contributed by atoms with van der Waals surface area (Å²) < 4.78 is 7.55. The Morgan fingerprint density at radius 1 is 1.39 bits per heavy atom. The highest BCUT2D eigenvalue weighted by Crippen LogP contribution is 2.38. The Bertz CT molecular complexity index is 577. The molecule has 0 aromatic carbocycles. The second-order valence-corrected chi connectivity index (χ2v) is 6.65. The van der Waals surface area contributed by atoms with E-state index in [9.17, 15) is 0 Å². The lowest BCUT2D eigenvalue weighted by Gasteiger charge is -2.25. The van der Waals surface area contributed by atoms with Crippen LogP contribution in [0.2, 0.25) is 0 Å². The van der Waals surface area contributed by atoms with E-state index in [0.29, 0.717) is 5.41 Å². The first-order valence-corrected chi connectivity index (χ1v) is 8.07. The maximum atomic E-state index is 5.61. The van der Waals surface area contributed by atoms with Gasteiger partial charge in [0.15, 0.2) is 5.96 Å². The highest BCUT2D eigenvalue weighted by Gasteiger charge is 2.42. The van der Waals surface area contributed by atoms with Gasteiger partial charge in [0.1, 0.15) is 0 Å². The summed E-state index contributed by atoms with van der Waals surface area (Å²) in [6, 6.07) is 0. The van der Waals surface area contributed by atoms with Crippen molar-refractivity contribution in [1.82, 2.24) is 20.0 Å². The third kappa shape index (κ3) is 3.65. The van der Waals surface area contributed by atoms with Gasteiger partial charge in [-0.1, -0.05) is 0 Å². The number of aliphatic imine (C=N–C) groups is 1. The topological polar surface area (TPSA) is 54.7 Å². The van der Waals surface area contributed by atoms with Gasteiger partial charge >= 0.3 is 0 Å². The van der Waals surface area contributed by atoms with Crippen molar-refractivity contribution in [1.29, 1.82) is 0 Å². The van der Waals surface area contributed by atoms with Crippen LogP contribution >= 0.6 is 24.0 Å². The number of likely N-dealkylation sites (tertiary alicyclic amines) is 1. The molecule has 23 heavy (non-hydrogen) atoms. The van der Waals surface area contributed by atoms with Crippen LogP contribution in [0.1, 0.15) is 29.8 Å². The van der Waals surface area contributed by atoms with Crippen LogP contribution in [0.5, 0.6) is 0 Å². The summed E-state index contributed by atoms with van der Waals surface area (Å²) >= 11 is 0. The molecular formula is C16H28IN5O. The van der Waals surface area contributed by atoms with E-state index in [1.807, 2.05) is 18.8 Å². The van der Waals surface area contributed by atoms with Gasteiger partial charge in [0.2, 0.25) is 0 Å². The first-order valence-electron chi connectivity index (χ1n) is 8.07. The molecular weight excluding hydrogens is 405 g/mol. The minimum Gasteiger partial charge on any atom is -0.381 e. The second-order valence-electron chi connectivity index (χ2n) is 6.65. The molecule has 2 fully saturated rings. The monoisotopic (exact) mass is 433 g/mol. The summed E-state index contributed by atoms with van der Waals surface area (Å²) in [5.41, 5.74) is 3.92. The molecule has 130 valence electrons. The van der Waals surface area contributed by atoms with E-state index in [2.05, 4.69) is 34.2 Å². The Balaban J connectivity index is 0.00000192. The smallest absolute Gasteiger partial charge is 0.193 e. The highest BCUT2D eigenvalue weighted by molar-refractivity contribution is 14.0. The molecule has 1 unspecified atom stereocenters. The van der Waals surface area contributed by atoms with Crippen molar-refractivity contribution in [2.45, 2.75) is 33.2 Å². The average molecular weight is 433 g/mol.